The second-order valence-electron chi connectivity index (χ2n) is 7.05. The van der Waals surface area contributed by atoms with E-state index >= 15 is 0 Å². The van der Waals surface area contributed by atoms with Crippen LogP contribution in [0.5, 0.6) is 5.75 Å². The molecular weight excluding hydrogens is 373 g/mol. The molecule has 1 fully saturated rings. The Morgan fingerprint density at radius 2 is 2.00 bits per heavy atom. The number of fused-ring (bicyclic) bond motifs is 2. The highest BCUT2D eigenvalue weighted by Gasteiger charge is 2.49. The lowest BCUT2D eigenvalue weighted by molar-refractivity contribution is -0.153. The fourth-order valence-electron chi connectivity index (χ4n) is 3.89. The van der Waals surface area contributed by atoms with E-state index in [1.54, 1.807) is 12.3 Å². The number of hydrogen-bond donors (Lipinski definition) is 2. The number of piperidine rings is 1. The number of halogens is 3. The SMILES string of the molecule is Nc1ccc(N2CCC3(CC2)C(=O)Nc2ncccc23)cc1OCC(F)(F)F. The van der Waals surface area contributed by atoms with Crippen LogP contribution in [0.4, 0.5) is 30.4 Å². The molecule has 0 unspecified atom stereocenters. The Balaban J connectivity index is 1.51. The van der Waals surface area contributed by atoms with E-state index in [2.05, 4.69) is 10.3 Å². The Hall–Kier alpha value is -2.97. The molecule has 2 aliphatic rings. The molecule has 0 radical (unpaired) electrons. The van der Waals surface area contributed by atoms with E-state index in [0.29, 0.717) is 37.4 Å². The smallest absolute Gasteiger partial charge is 0.422 e. The van der Waals surface area contributed by atoms with Crippen LogP contribution in [0.1, 0.15) is 18.4 Å². The van der Waals surface area contributed by atoms with Crippen molar-refractivity contribution >= 4 is 23.1 Å². The molecule has 28 heavy (non-hydrogen) atoms. The second-order valence-corrected chi connectivity index (χ2v) is 7.05. The number of nitrogen functional groups attached to an aromatic ring is 1. The lowest BCUT2D eigenvalue weighted by Crippen LogP contribution is -2.46. The fraction of sp³-hybridized carbons (Fsp3) is 0.368. The molecule has 1 amide bonds. The molecule has 3 heterocycles. The van der Waals surface area contributed by atoms with Gasteiger partial charge in [0.25, 0.3) is 0 Å². The minimum Gasteiger partial charge on any atom is -0.482 e. The fourth-order valence-corrected chi connectivity index (χ4v) is 3.89. The summed E-state index contributed by atoms with van der Waals surface area (Å²) in [5.74, 6) is 0.562. The van der Waals surface area contributed by atoms with Crippen LogP contribution in [0.25, 0.3) is 0 Å². The van der Waals surface area contributed by atoms with Crippen molar-refractivity contribution in [2.24, 2.45) is 0 Å². The predicted octanol–water partition coefficient (Wildman–Crippen LogP) is 3.10. The third-order valence-electron chi connectivity index (χ3n) is 5.36. The van der Waals surface area contributed by atoms with Crippen molar-refractivity contribution in [2.75, 3.05) is 35.6 Å². The minimum atomic E-state index is -4.43. The van der Waals surface area contributed by atoms with Crippen molar-refractivity contribution in [1.29, 1.82) is 0 Å². The normalized spacial score (nSPS) is 18.1. The first-order valence-electron chi connectivity index (χ1n) is 8.89. The number of carbonyl (C=O) groups excluding carboxylic acids is 1. The largest absolute Gasteiger partial charge is 0.482 e. The summed E-state index contributed by atoms with van der Waals surface area (Å²) in [5, 5.41) is 2.85. The summed E-state index contributed by atoms with van der Waals surface area (Å²) >= 11 is 0. The van der Waals surface area contributed by atoms with Gasteiger partial charge >= 0.3 is 6.18 Å². The zero-order valence-electron chi connectivity index (χ0n) is 14.9. The number of rotatable bonds is 3. The number of hydrogen-bond acceptors (Lipinski definition) is 5. The summed E-state index contributed by atoms with van der Waals surface area (Å²) in [6.45, 7) is -0.248. The first-order chi connectivity index (χ1) is 13.3. The van der Waals surface area contributed by atoms with E-state index < -0.39 is 18.2 Å². The number of anilines is 3. The molecule has 1 aromatic heterocycles. The van der Waals surface area contributed by atoms with Gasteiger partial charge in [-0.25, -0.2) is 4.98 Å². The van der Waals surface area contributed by atoms with Gasteiger partial charge in [-0.3, -0.25) is 4.79 Å². The maximum atomic E-state index is 12.6. The molecule has 2 aromatic rings. The van der Waals surface area contributed by atoms with Crippen LogP contribution in [-0.2, 0) is 10.2 Å². The quantitative estimate of drug-likeness (QED) is 0.785. The Morgan fingerprint density at radius 3 is 2.71 bits per heavy atom. The average molecular weight is 392 g/mol. The lowest BCUT2D eigenvalue weighted by atomic mass is 9.74. The topological polar surface area (TPSA) is 80.5 Å². The van der Waals surface area contributed by atoms with Crippen LogP contribution in [0.3, 0.4) is 0 Å². The van der Waals surface area contributed by atoms with Crippen molar-refractivity contribution < 1.29 is 22.7 Å². The molecule has 0 aliphatic carbocycles. The van der Waals surface area contributed by atoms with Gasteiger partial charge in [-0.1, -0.05) is 6.07 Å². The Kier molecular flexibility index (Phi) is 4.32. The average Bonchev–Trinajstić information content (AvgIpc) is 2.93. The summed E-state index contributed by atoms with van der Waals surface area (Å²) in [6.07, 6.45) is -1.62. The molecule has 0 atom stereocenters. The minimum absolute atomic E-state index is 0.00302. The summed E-state index contributed by atoms with van der Waals surface area (Å²) in [6, 6.07) is 8.54. The summed E-state index contributed by atoms with van der Waals surface area (Å²) in [4.78, 5) is 18.9. The molecule has 4 rings (SSSR count). The highest BCUT2D eigenvalue weighted by molar-refractivity contribution is 6.05. The van der Waals surface area contributed by atoms with Gasteiger partial charge in [-0.05, 0) is 31.0 Å². The van der Waals surface area contributed by atoms with Crippen molar-refractivity contribution in [3.8, 4) is 5.75 Å². The molecule has 0 bridgehead atoms. The van der Waals surface area contributed by atoms with Crippen LogP contribution >= 0.6 is 0 Å². The van der Waals surface area contributed by atoms with Gasteiger partial charge in [-0.2, -0.15) is 13.2 Å². The van der Waals surface area contributed by atoms with E-state index in [0.717, 1.165) is 5.56 Å². The number of carbonyl (C=O) groups is 1. The van der Waals surface area contributed by atoms with Crippen LogP contribution in [0.15, 0.2) is 36.5 Å². The Bertz CT molecular complexity index is 908. The molecule has 9 heteroatoms. The van der Waals surface area contributed by atoms with E-state index in [-0.39, 0.29) is 17.3 Å². The molecule has 1 saturated heterocycles. The molecule has 2 aliphatic heterocycles. The number of benzene rings is 1. The van der Waals surface area contributed by atoms with Gasteiger partial charge in [0.15, 0.2) is 6.61 Å². The van der Waals surface area contributed by atoms with Crippen LogP contribution in [0, 0.1) is 0 Å². The number of amides is 1. The Labute approximate surface area is 159 Å². The first kappa shape index (κ1) is 18.4. The second kappa shape index (κ2) is 6.57. The maximum absolute atomic E-state index is 12.6. The van der Waals surface area contributed by atoms with E-state index in [9.17, 15) is 18.0 Å². The number of alkyl halides is 3. The van der Waals surface area contributed by atoms with Crippen LogP contribution < -0.4 is 20.7 Å². The van der Waals surface area contributed by atoms with Gasteiger partial charge in [0, 0.05) is 36.6 Å². The highest BCUT2D eigenvalue weighted by atomic mass is 19.4. The van der Waals surface area contributed by atoms with Gasteiger partial charge in [0.05, 0.1) is 11.1 Å². The Morgan fingerprint density at radius 1 is 1.25 bits per heavy atom. The third-order valence-corrected chi connectivity index (χ3v) is 5.36. The van der Waals surface area contributed by atoms with Crippen molar-refractivity contribution in [2.45, 2.75) is 24.4 Å². The van der Waals surface area contributed by atoms with E-state index in [1.165, 1.54) is 12.1 Å². The lowest BCUT2D eigenvalue weighted by Gasteiger charge is -2.39. The van der Waals surface area contributed by atoms with Gasteiger partial charge in [-0.15, -0.1) is 0 Å². The van der Waals surface area contributed by atoms with Gasteiger partial charge in [0.2, 0.25) is 5.91 Å². The van der Waals surface area contributed by atoms with Crippen molar-refractivity contribution in [3.63, 3.8) is 0 Å². The van der Waals surface area contributed by atoms with Gasteiger partial charge in [0.1, 0.15) is 11.6 Å². The highest BCUT2D eigenvalue weighted by Crippen LogP contribution is 2.44. The molecule has 3 N–H and O–H groups in total. The van der Waals surface area contributed by atoms with Crippen LogP contribution in [-0.4, -0.2) is 36.8 Å². The molecular formula is C19H19F3N4O2. The number of nitrogens with one attached hydrogen (secondary N) is 1. The third kappa shape index (κ3) is 3.21. The number of pyridine rings is 1. The summed E-state index contributed by atoms with van der Waals surface area (Å²) < 4.78 is 42.1. The van der Waals surface area contributed by atoms with E-state index in [4.69, 9.17) is 10.5 Å². The van der Waals surface area contributed by atoms with Crippen molar-refractivity contribution in [1.82, 2.24) is 4.98 Å². The van der Waals surface area contributed by atoms with Gasteiger partial charge < -0.3 is 20.7 Å². The number of nitrogens with two attached hydrogens (primary N) is 1. The first-order valence-corrected chi connectivity index (χ1v) is 8.89. The number of nitrogens with zero attached hydrogens (tertiary/aromatic N) is 2. The molecule has 1 spiro atoms. The molecule has 148 valence electrons. The van der Waals surface area contributed by atoms with Crippen molar-refractivity contribution in [3.05, 3.63) is 42.1 Å². The summed E-state index contributed by atoms with van der Waals surface area (Å²) in [5.41, 5.74) is 6.91. The number of ether oxygens (including phenoxy) is 1. The number of aromatic nitrogens is 1. The maximum Gasteiger partial charge on any atom is 0.422 e. The zero-order chi connectivity index (χ0) is 19.9. The van der Waals surface area contributed by atoms with E-state index in [1.807, 2.05) is 17.0 Å². The molecule has 6 nitrogen and oxygen atoms in total. The summed E-state index contributed by atoms with van der Waals surface area (Å²) in [7, 11) is 0. The predicted molar refractivity (Wildman–Crippen MR) is 98.4 cm³/mol. The molecule has 0 saturated carbocycles. The monoisotopic (exact) mass is 392 g/mol. The zero-order valence-corrected chi connectivity index (χ0v) is 14.9. The van der Waals surface area contributed by atoms with Crippen LogP contribution in [0.2, 0.25) is 0 Å². The molecule has 1 aromatic carbocycles. The standard InChI is InChI=1S/C19H19F3N4O2/c20-19(21,22)11-28-15-10-12(3-4-14(15)23)26-8-5-18(6-9-26)13-2-1-7-24-16(13)25-17(18)27/h1-4,7,10H,5-6,8-9,11,23H2,(H,24,25,27).